The summed E-state index contributed by atoms with van der Waals surface area (Å²) in [5.74, 6) is 1.80. The Labute approximate surface area is 175 Å². The van der Waals surface area contributed by atoms with Gasteiger partial charge in [0.2, 0.25) is 0 Å². The molecule has 7 nitrogen and oxygen atoms in total. The van der Waals surface area contributed by atoms with E-state index in [1.54, 1.807) is 24.3 Å². The first-order valence-corrected chi connectivity index (χ1v) is 10.6. The Morgan fingerprint density at radius 3 is 2.37 bits per heavy atom. The lowest BCUT2D eigenvalue weighted by Gasteiger charge is -2.56. The van der Waals surface area contributed by atoms with Crippen molar-refractivity contribution in [2.75, 3.05) is 7.11 Å². The third-order valence-electron chi connectivity index (χ3n) is 7.13. The van der Waals surface area contributed by atoms with Crippen LogP contribution in [0.1, 0.15) is 70.6 Å². The largest absolute Gasteiger partial charge is 0.465 e. The number of hydrogen-bond acceptors (Lipinski definition) is 5. The highest BCUT2D eigenvalue weighted by atomic mass is 16.5. The van der Waals surface area contributed by atoms with E-state index >= 15 is 0 Å². The number of carbonyl (C=O) groups is 2. The standard InChI is InChI=1S/C23H26N4O3/c1-30-22(29)18-4-2-14(3-5-18)13-24-27-21(28)19-9-20(26-25-19)23-10-15-6-16(11-23)8-17(7-15)12-23/h2-5,9,13,15-17H,6-8,10-12H2,1H3,(H,25,26)(H,27,28). The van der Waals surface area contributed by atoms with E-state index in [0.717, 1.165) is 29.0 Å². The van der Waals surface area contributed by atoms with Crippen LogP contribution >= 0.6 is 0 Å². The molecule has 0 atom stereocenters. The van der Waals surface area contributed by atoms with Gasteiger partial charge in [-0.15, -0.1) is 0 Å². The van der Waals surface area contributed by atoms with Crippen LogP contribution in [0, 0.1) is 17.8 Å². The quantitative estimate of drug-likeness (QED) is 0.452. The van der Waals surface area contributed by atoms with Crippen molar-refractivity contribution in [2.45, 2.75) is 43.9 Å². The van der Waals surface area contributed by atoms with E-state index in [1.165, 1.54) is 51.8 Å². The maximum atomic E-state index is 12.5. The van der Waals surface area contributed by atoms with Crippen molar-refractivity contribution in [3.63, 3.8) is 0 Å². The summed E-state index contributed by atoms with van der Waals surface area (Å²) in [5, 5.41) is 11.5. The van der Waals surface area contributed by atoms with Crippen LogP contribution in [0.2, 0.25) is 0 Å². The van der Waals surface area contributed by atoms with Crippen LogP contribution in [0.5, 0.6) is 0 Å². The van der Waals surface area contributed by atoms with E-state index < -0.39 is 0 Å². The van der Waals surface area contributed by atoms with E-state index in [2.05, 4.69) is 25.5 Å². The second-order valence-electron chi connectivity index (χ2n) is 9.18. The molecule has 4 aliphatic rings. The zero-order valence-corrected chi connectivity index (χ0v) is 17.1. The second kappa shape index (κ2) is 7.38. The maximum Gasteiger partial charge on any atom is 0.337 e. The Kier molecular flexibility index (Phi) is 4.68. The van der Waals surface area contributed by atoms with Gasteiger partial charge in [0, 0.05) is 11.1 Å². The van der Waals surface area contributed by atoms with Gasteiger partial charge in [0.25, 0.3) is 5.91 Å². The third-order valence-corrected chi connectivity index (χ3v) is 7.13. The molecule has 1 aromatic carbocycles. The molecule has 0 unspecified atom stereocenters. The van der Waals surface area contributed by atoms with Crippen LogP contribution in [0.25, 0.3) is 0 Å². The summed E-state index contributed by atoms with van der Waals surface area (Å²) in [5.41, 5.74) is 5.45. The highest BCUT2D eigenvalue weighted by Crippen LogP contribution is 2.60. The molecular weight excluding hydrogens is 380 g/mol. The zero-order chi connectivity index (χ0) is 20.7. The molecule has 0 radical (unpaired) electrons. The Hall–Kier alpha value is -2.96. The number of esters is 1. The van der Waals surface area contributed by atoms with E-state index in [1.807, 2.05) is 6.07 Å². The number of nitrogens with zero attached hydrogens (tertiary/aromatic N) is 2. The smallest absolute Gasteiger partial charge is 0.337 e. The highest BCUT2D eigenvalue weighted by molar-refractivity contribution is 5.93. The van der Waals surface area contributed by atoms with E-state index in [9.17, 15) is 9.59 Å². The lowest BCUT2D eigenvalue weighted by molar-refractivity contribution is -0.00721. The van der Waals surface area contributed by atoms with Crippen molar-refractivity contribution in [1.29, 1.82) is 0 Å². The molecular formula is C23H26N4O3. The summed E-state index contributed by atoms with van der Waals surface area (Å²) >= 11 is 0. The van der Waals surface area contributed by atoms with Crippen molar-refractivity contribution >= 4 is 18.1 Å². The third kappa shape index (κ3) is 3.42. The first-order chi connectivity index (χ1) is 14.5. The van der Waals surface area contributed by atoms with Crippen LogP contribution in [-0.2, 0) is 10.2 Å². The summed E-state index contributed by atoms with van der Waals surface area (Å²) in [7, 11) is 1.34. The fourth-order valence-corrected chi connectivity index (χ4v) is 6.20. The normalized spacial score (nSPS) is 29.3. The van der Waals surface area contributed by atoms with E-state index in [0.29, 0.717) is 11.3 Å². The van der Waals surface area contributed by atoms with Crippen LogP contribution in [0.3, 0.4) is 0 Å². The molecule has 7 heteroatoms. The van der Waals surface area contributed by atoms with Gasteiger partial charge in [-0.3, -0.25) is 9.89 Å². The summed E-state index contributed by atoms with van der Waals surface area (Å²) < 4.78 is 4.68. The molecule has 1 heterocycles. The lowest BCUT2D eigenvalue weighted by atomic mass is 9.49. The molecule has 0 saturated heterocycles. The van der Waals surface area contributed by atoms with E-state index in [4.69, 9.17) is 0 Å². The predicted molar refractivity (Wildman–Crippen MR) is 111 cm³/mol. The minimum Gasteiger partial charge on any atom is -0.465 e. The van der Waals surface area contributed by atoms with Gasteiger partial charge in [0.1, 0.15) is 0 Å². The number of ether oxygens (including phenoxy) is 1. The van der Waals surface area contributed by atoms with Gasteiger partial charge in [0.05, 0.1) is 18.9 Å². The van der Waals surface area contributed by atoms with Gasteiger partial charge in [-0.2, -0.15) is 10.2 Å². The maximum absolute atomic E-state index is 12.5. The van der Waals surface area contributed by atoms with Crippen molar-refractivity contribution in [3.8, 4) is 0 Å². The summed E-state index contributed by atoms with van der Waals surface area (Å²) in [6.07, 6.45) is 9.36. The fraction of sp³-hybridized carbons (Fsp3) is 0.478. The molecule has 4 fully saturated rings. The molecule has 156 valence electrons. The van der Waals surface area contributed by atoms with Crippen molar-refractivity contribution in [1.82, 2.24) is 15.6 Å². The fourth-order valence-electron chi connectivity index (χ4n) is 6.20. The van der Waals surface area contributed by atoms with Gasteiger partial charge < -0.3 is 4.74 Å². The Morgan fingerprint density at radius 1 is 1.13 bits per heavy atom. The number of hydrogen-bond donors (Lipinski definition) is 2. The van der Waals surface area contributed by atoms with Gasteiger partial charge >= 0.3 is 5.97 Å². The Morgan fingerprint density at radius 2 is 1.77 bits per heavy atom. The molecule has 1 aromatic heterocycles. The first kappa shape index (κ1) is 19.0. The molecule has 2 N–H and O–H groups in total. The number of carbonyl (C=O) groups excluding carboxylic acids is 2. The summed E-state index contributed by atoms with van der Waals surface area (Å²) in [6.45, 7) is 0. The number of aromatic amines is 1. The van der Waals surface area contributed by atoms with Crippen molar-refractivity contribution in [2.24, 2.45) is 22.9 Å². The van der Waals surface area contributed by atoms with Gasteiger partial charge in [0.15, 0.2) is 5.69 Å². The lowest BCUT2D eigenvalue weighted by Crippen LogP contribution is -2.48. The second-order valence-corrected chi connectivity index (χ2v) is 9.18. The molecule has 0 spiro atoms. The van der Waals surface area contributed by atoms with Crippen LogP contribution in [0.4, 0.5) is 0 Å². The molecule has 6 rings (SSSR count). The number of methoxy groups -OCH3 is 1. The SMILES string of the molecule is COC(=O)c1ccc(C=NNC(=O)c2cc(C34CC5CC(CC(C5)C3)C4)[nH]n2)cc1. The topological polar surface area (TPSA) is 96.4 Å². The van der Waals surface area contributed by atoms with E-state index in [-0.39, 0.29) is 17.3 Å². The minimum absolute atomic E-state index is 0.185. The molecule has 4 bridgehead atoms. The first-order valence-electron chi connectivity index (χ1n) is 10.6. The summed E-state index contributed by atoms with van der Waals surface area (Å²) in [4.78, 5) is 24.0. The number of nitrogens with one attached hydrogen (secondary N) is 2. The summed E-state index contributed by atoms with van der Waals surface area (Å²) in [6, 6.07) is 8.70. The molecule has 1 amide bonds. The van der Waals surface area contributed by atoms with Gasteiger partial charge in [-0.1, -0.05) is 12.1 Å². The average molecular weight is 406 g/mol. The van der Waals surface area contributed by atoms with Gasteiger partial charge in [-0.05, 0) is 80.0 Å². The van der Waals surface area contributed by atoms with Gasteiger partial charge in [-0.25, -0.2) is 10.2 Å². The minimum atomic E-state index is -0.389. The average Bonchev–Trinajstić information content (AvgIpc) is 3.24. The Bertz CT molecular complexity index is 957. The van der Waals surface area contributed by atoms with Crippen LogP contribution in [-0.4, -0.2) is 35.4 Å². The molecule has 2 aromatic rings. The molecule has 4 saturated carbocycles. The number of benzene rings is 1. The van der Waals surface area contributed by atoms with Crippen molar-refractivity contribution in [3.05, 3.63) is 52.8 Å². The number of H-pyrrole nitrogens is 1. The molecule has 30 heavy (non-hydrogen) atoms. The monoisotopic (exact) mass is 406 g/mol. The van der Waals surface area contributed by atoms with Crippen molar-refractivity contribution < 1.29 is 14.3 Å². The molecule has 4 aliphatic carbocycles. The Balaban J connectivity index is 1.23. The van der Waals surface area contributed by atoms with Crippen LogP contribution in [0.15, 0.2) is 35.4 Å². The van der Waals surface area contributed by atoms with Crippen LogP contribution < -0.4 is 5.43 Å². The number of rotatable bonds is 5. The predicted octanol–water partition coefficient (Wildman–Crippen LogP) is 3.43. The number of aromatic nitrogens is 2. The highest BCUT2D eigenvalue weighted by Gasteiger charge is 2.52. The number of amides is 1. The number of hydrazone groups is 1. The molecule has 0 aliphatic heterocycles. The zero-order valence-electron chi connectivity index (χ0n) is 17.1.